The van der Waals surface area contributed by atoms with Crippen molar-refractivity contribution in [3.8, 4) is 33.9 Å². The molecule has 3 aromatic rings. The van der Waals surface area contributed by atoms with Crippen molar-refractivity contribution in [3.05, 3.63) is 59.2 Å². The van der Waals surface area contributed by atoms with Gasteiger partial charge in [-0.1, -0.05) is 23.7 Å². The maximum absolute atomic E-state index is 12.6. The first-order valence-corrected chi connectivity index (χ1v) is 8.99. The second-order valence-corrected chi connectivity index (χ2v) is 6.12. The fourth-order valence-corrected chi connectivity index (χ4v) is 3.00. The van der Waals surface area contributed by atoms with Gasteiger partial charge in [0.1, 0.15) is 22.8 Å². The molecule has 0 radical (unpaired) electrons. The molecule has 0 bridgehead atoms. The van der Waals surface area contributed by atoms with Gasteiger partial charge in [0.15, 0.2) is 5.15 Å². The first kappa shape index (κ1) is 19.6. The van der Waals surface area contributed by atoms with E-state index in [9.17, 15) is 4.79 Å². The predicted molar refractivity (Wildman–Crippen MR) is 107 cm³/mol. The van der Waals surface area contributed by atoms with Gasteiger partial charge in [0, 0.05) is 11.1 Å². The number of aromatic nitrogens is 2. The maximum Gasteiger partial charge on any atom is 0.342 e. The largest absolute Gasteiger partial charge is 0.497 e. The minimum absolute atomic E-state index is 0.0125. The smallest absolute Gasteiger partial charge is 0.342 e. The Labute approximate surface area is 168 Å². The third-order valence-corrected chi connectivity index (χ3v) is 4.42. The van der Waals surface area contributed by atoms with Crippen LogP contribution in [0.3, 0.4) is 0 Å². The number of ether oxygens (including phenoxy) is 3. The topological polar surface area (TPSA) is 70.5 Å². The van der Waals surface area contributed by atoms with Gasteiger partial charge in [-0.25, -0.2) is 4.79 Å². The van der Waals surface area contributed by atoms with Crippen LogP contribution in [0.1, 0.15) is 17.3 Å². The first-order chi connectivity index (χ1) is 13.6. The Bertz CT molecular complexity index is 973. The lowest BCUT2D eigenvalue weighted by Gasteiger charge is -2.15. The summed E-state index contributed by atoms with van der Waals surface area (Å²) in [5.74, 6) is 0.853. The Balaban J connectivity index is 2.25. The Morgan fingerprint density at radius 1 is 0.893 bits per heavy atom. The SMILES string of the molecule is CCOC(=O)c1c(Cl)nnc(-c2ccc(OC)cc2)c1-c1ccc(OC)cc1. The van der Waals surface area contributed by atoms with E-state index in [-0.39, 0.29) is 17.3 Å². The molecule has 3 rings (SSSR count). The second-order valence-electron chi connectivity index (χ2n) is 5.77. The van der Waals surface area contributed by atoms with Gasteiger partial charge in [0.25, 0.3) is 0 Å². The Kier molecular flexibility index (Phi) is 6.11. The van der Waals surface area contributed by atoms with E-state index >= 15 is 0 Å². The van der Waals surface area contributed by atoms with Gasteiger partial charge in [0.05, 0.1) is 20.8 Å². The minimum atomic E-state index is -0.553. The molecule has 0 atom stereocenters. The van der Waals surface area contributed by atoms with Gasteiger partial charge in [-0.2, -0.15) is 0 Å². The van der Waals surface area contributed by atoms with Crippen LogP contribution < -0.4 is 9.47 Å². The molecule has 2 aromatic carbocycles. The number of rotatable bonds is 6. The quantitative estimate of drug-likeness (QED) is 0.562. The molecule has 7 heteroatoms. The van der Waals surface area contributed by atoms with E-state index in [1.807, 2.05) is 36.4 Å². The molecule has 6 nitrogen and oxygen atoms in total. The van der Waals surface area contributed by atoms with Gasteiger partial charge >= 0.3 is 5.97 Å². The highest BCUT2D eigenvalue weighted by molar-refractivity contribution is 6.33. The molecule has 0 aliphatic carbocycles. The van der Waals surface area contributed by atoms with Gasteiger partial charge < -0.3 is 14.2 Å². The third-order valence-electron chi connectivity index (χ3n) is 4.15. The third kappa shape index (κ3) is 3.92. The summed E-state index contributed by atoms with van der Waals surface area (Å²) in [5.41, 5.74) is 2.74. The normalized spacial score (nSPS) is 10.4. The number of hydrogen-bond acceptors (Lipinski definition) is 6. The Hall–Kier alpha value is -3.12. The molecule has 0 saturated carbocycles. The lowest BCUT2D eigenvalue weighted by Crippen LogP contribution is -2.11. The highest BCUT2D eigenvalue weighted by Gasteiger charge is 2.24. The molecule has 1 aromatic heterocycles. The van der Waals surface area contributed by atoms with Crippen LogP contribution in [0.4, 0.5) is 0 Å². The number of hydrogen-bond donors (Lipinski definition) is 0. The van der Waals surface area contributed by atoms with E-state index in [1.165, 1.54) is 0 Å². The van der Waals surface area contributed by atoms with Crippen LogP contribution >= 0.6 is 11.6 Å². The van der Waals surface area contributed by atoms with E-state index in [4.69, 9.17) is 25.8 Å². The summed E-state index contributed by atoms with van der Waals surface area (Å²) in [7, 11) is 3.19. The number of carbonyl (C=O) groups is 1. The second kappa shape index (κ2) is 8.71. The van der Waals surface area contributed by atoms with Crippen LogP contribution in [0.15, 0.2) is 48.5 Å². The van der Waals surface area contributed by atoms with Crippen LogP contribution in [0.2, 0.25) is 5.15 Å². The van der Waals surface area contributed by atoms with E-state index < -0.39 is 5.97 Å². The molecule has 28 heavy (non-hydrogen) atoms. The molecule has 1 heterocycles. The molecule has 0 aliphatic heterocycles. The average molecular weight is 399 g/mol. The van der Waals surface area contributed by atoms with Crippen molar-refractivity contribution in [1.82, 2.24) is 10.2 Å². The number of benzene rings is 2. The first-order valence-electron chi connectivity index (χ1n) is 8.61. The standard InChI is InChI=1S/C21H19ClN2O4/c1-4-28-21(25)18-17(13-5-9-15(26-2)10-6-13)19(23-24-20(18)22)14-7-11-16(27-3)12-8-14/h5-12H,4H2,1-3H3. The van der Waals surface area contributed by atoms with Gasteiger partial charge in [0.2, 0.25) is 0 Å². The number of methoxy groups -OCH3 is 2. The maximum atomic E-state index is 12.6. The molecule has 0 unspecified atom stereocenters. The molecule has 0 amide bonds. The predicted octanol–water partition coefficient (Wildman–Crippen LogP) is 4.66. The van der Waals surface area contributed by atoms with Gasteiger partial charge in [-0.3, -0.25) is 0 Å². The summed E-state index contributed by atoms with van der Waals surface area (Å²) in [6.07, 6.45) is 0. The average Bonchev–Trinajstić information content (AvgIpc) is 2.73. The number of halogens is 1. The molecule has 0 fully saturated rings. The fraction of sp³-hybridized carbons (Fsp3) is 0.190. The van der Waals surface area contributed by atoms with Crippen molar-refractivity contribution in [3.63, 3.8) is 0 Å². The minimum Gasteiger partial charge on any atom is -0.497 e. The lowest BCUT2D eigenvalue weighted by atomic mass is 9.95. The van der Waals surface area contributed by atoms with Crippen molar-refractivity contribution in [2.24, 2.45) is 0 Å². The molecule has 144 valence electrons. The summed E-state index contributed by atoms with van der Waals surface area (Å²) in [4.78, 5) is 12.6. The molecule has 0 saturated heterocycles. The fourth-order valence-electron chi connectivity index (χ4n) is 2.79. The van der Waals surface area contributed by atoms with E-state index in [1.54, 1.807) is 33.3 Å². The van der Waals surface area contributed by atoms with Crippen LogP contribution in [0.5, 0.6) is 11.5 Å². The molecule has 0 N–H and O–H groups in total. The van der Waals surface area contributed by atoms with Crippen molar-refractivity contribution in [1.29, 1.82) is 0 Å². The van der Waals surface area contributed by atoms with Crippen LogP contribution in [0, 0.1) is 0 Å². The van der Waals surface area contributed by atoms with E-state index in [0.717, 1.165) is 11.1 Å². The molecular weight excluding hydrogens is 380 g/mol. The zero-order chi connectivity index (χ0) is 20.1. The number of nitrogens with zero attached hydrogens (tertiary/aromatic N) is 2. The summed E-state index contributed by atoms with van der Waals surface area (Å²) >= 11 is 6.26. The van der Waals surface area contributed by atoms with Crippen LogP contribution in [0.25, 0.3) is 22.4 Å². The number of carbonyl (C=O) groups excluding carboxylic acids is 1. The zero-order valence-corrected chi connectivity index (χ0v) is 16.5. The molecular formula is C21H19ClN2O4. The highest BCUT2D eigenvalue weighted by atomic mass is 35.5. The monoisotopic (exact) mass is 398 g/mol. The Morgan fingerprint density at radius 3 is 1.93 bits per heavy atom. The van der Waals surface area contributed by atoms with Gasteiger partial charge in [-0.15, -0.1) is 10.2 Å². The van der Waals surface area contributed by atoms with Gasteiger partial charge in [-0.05, 0) is 48.9 Å². The van der Waals surface area contributed by atoms with Crippen molar-refractivity contribution in [2.75, 3.05) is 20.8 Å². The van der Waals surface area contributed by atoms with Crippen molar-refractivity contribution in [2.45, 2.75) is 6.92 Å². The van der Waals surface area contributed by atoms with E-state index in [0.29, 0.717) is 22.8 Å². The highest BCUT2D eigenvalue weighted by Crippen LogP contribution is 2.37. The number of esters is 1. The summed E-state index contributed by atoms with van der Waals surface area (Å²) in [5, 5.41) is 8.23. The van der Waals surface area contributed by atoms with E-state index in [2.05, 4.69) is 10.2 Å². The Morgan fingerprint density at radius 2 is 1.43 bits per heavy atom. The molecule has 0 spiro atoms. The summed E-state index contributed by atoms with van der Waals surface area (Å²) < 4.78 is 15.6. The summed E-state index contributed by atoms with van der Waals surface area (Å²) in [6, 6.07) is 14.6. The summed E-state index contributed by atoms with van der Waals surface area (Å²) in [6.45, 7) is 1.95. The van der Waals surface area contributed by atoms with Crippen LogP contribution in [-0.2, 0) is 4.74 Å². The lowest BCUT2D eigenvalue weighted by molar-refractivity contribution is 0.0527. The van der Waals surface area contributed by atoms with Crippen molar-refractivity contribution >= 4 is 17.6 Å². The molecule has 0 aliphatic rings. The van der Waals surface area contributed by atoms with Crippen LogP contribution in [-0.4, -0.2) is 37.0 Å². The zero-order valence-electron chi connectivity index (χ0n) is 15.7. The van der Waals surface area contributed by atoms with Crippen molar-refractivity contribution < 1.29 is 19.0 Å².